The highest BCUT2D eigenvalue weighted by Gasteiger charge is 2.07. The minimum absolute atomic E-state index is 0.0359. The molecule has 2 rings (SSSR count). The number of aryl methyl sites for hydroxylation is 2. The number of hydrogen-bond acceptors (Lipinski definition) is 3. The molecule has 1 aliphatic carbocycles. The molecule has 1 fully saturated rings. The first-order chi connectivity index (χ1) is 8.13. The Morgan fingerprint density at radius 2 is 1.76 bits per heavy atom. The molecule has 0 aromatic heterocycles. The van der Waals surface area contributed by atoms with Gasteiger partial charge in [-0.05, 0) is 61.9 Å². The molecule has 0 bridgehead atoms. The molecular weight excluding hydrogens is 230 g/mol. The van der Waals surface area contributed by atoms with Crippen molar-refractivity contribution in [3.05, 3.63) is 29.3 Å². The van der Waals surface area contributed by atoms with Gasteiger partial charge in [-0.3, -0.25) is 5.14 Å². The molecule has 1 saturated carbocycles. The molecule has 0 amide bonds. The van der Waals surface area contributed by atoms with Gasteiger partial charge in [-0.25, -0.2) is 0 Å². The summed E-state index contributed by atoms with van der Waals surface area (Å²) in [5.74, 6) is 0. The molecule has 0 unspecified atom stereocenters. The van der Waals surface area contributed by atoms with Crippen LogP contribution in [0.15, 0.2) is 23.1 Å². The minimum Gasteiger partial charge on any atom is -0.393 e. The molecule has 1 aliphatic rings. The van der Waals surface area contributed by atoms with E-state index < -0.39 is 0 Å². The van der Waals surface area contributed by atoms with Crippen molar-refractivity contribution < 1.29 is 5.11 Å². The zero-order chi connectivity index (χ0) is 12.7. The Balaban J connectivity index is 0.000000181. The number of hydrogen-bond donors (Lipinski definition) is 2. The van der Waals surface area contributed by atoms with Gasteiger partial charge < -0.3 is 5.11 Å². The second-order valence-electron chi connectivity index (χ2n) is 4.66. The average Bonchev–Trinajstić information content (AvgIpc) is 2.34. The maximum atomic E-state index is 8.91. The molecule has 0 saturated heterocycles. The van der Waals surface area contributed by atoms with Gasteiger partial charge in [0, 0.05) is 4.90 Å². The first-order valence-corrected chi connectivity index (χ1v) is 7.13. The summed E-state index contributed by atoms with van der Waals surface area (Å²) in [4.78, 5) is 1.13. The van der Waals surface area contributed by atoms with Crippen molar-refractivity contribution >= 4 is 11.9 Å². The van der Waals surface area contributed by atoms with E-state index in [2.05, 4.69) is 26.0 Å². The van der Waals surface area contributed by atoms with Gasteiger partial charge >= 0.3 is 0 Å². The highest BCUT2D eigenvalue weighted by atomic mass is 32.2. The Morgan fingerprint density at radius 1 is 1.12 bits per heavy atom. The van der Waals surface area contributed by atoms with Gasteiger partial charge in [0.1, 0.15) is 0 Å². The average molecular weight is 253 g/mol. The lowest BCUT2D eigenvalue weighted by Gasteiger charge is -2.14. The standard InChI is InChI=1S/C8H11NS.C6H12O/c1-6-3-4-8(10-9)5-7(6)2;7-6-4-2-1-3-5-6/h3-5H,9H2,1-2H3;6-7H,1-5H2. The number of benzene rings is 1. The Bertz CT molecular complexity index is 335. The SMILES string of the molecule is Cc1ccc(SN)cc1C.OC1CCCCC1. The maximum absolute atomic E-state index is 8.91. The van der Waals surface area contributed by atoms with E-state index in [1.54, 1.807) is 0 Å². The summed E-state index contributed by atoms with van der Waals surface area (Å²) in [5.41, 5.74) is 2.62. The monoisotopic (exact) mass is 253 g/mol. The van der Waals surface area contributed by atoms with Crippen molar-refractivity contribution in [2.75, 3.05) is 0 Å². The van der Waals surface area contributed by atoms with E-state index in [4.69, 9.17) is 10.2 Å². The lowest BCUT2D eigenvalue weighted by molar-refractivity contribution is 0.130. The van der Waals surface area contributed by atoms with E-state index in [9.17, 15) is 0 Å². The van der Waals surface area contributed by atoms with Crippen molar-refractivity contribution in [1.29, 1.82) is 0 Å². The highest BCUT2D eigenvalue weighted by molar-refractivity contribution is 7.97. The molecule has 0 aliphatic heterocycles. The molecule has 1 aromatic carbocycles. The first-order valence-electron chi connectivity index (χ1n) is 6.25. The summed E-state index contributed by atoms with van der Waals surface area (Å²) >= 11 is 1.29. The lowest BCUT2D eigenvalue weighted by atomic mass is 9.98. The highest BCUT2D eigenvalue weighted by Crippen LogP contribution is 2.16. The third-order valence-electron chi connectivity index (χ3n) is 3.19. The van der Waals surface area contributed by atoms with Crippen LogP contribution in [-0.4, -0.2) is 11.2 Å². The topological polar surface area (TPSA) is 46.2 Å². The van der Waals surface area contributed by atoms with Crippen LogP contribution >= 0.6 is 11.9 Å². The maximum Gasteiger partial charge on any atom is 0.0540 e. The predicted molar refractivity (Wildman–Crippen MR) is 75.1 cm³/mol. The van der Waals surface area contributed by atoms with Crippen molar-refractivity contribution in [2.24, 2.45) is 5.14 Å². The first kappa shape index (κ1) is 14.6. The van der Waals surface area contributed by atoms with E-state index in [-0.39, 0.29) is 6.10 Å². The Labute approximate surface area is 109 Å². The van der Waals surface area contributed by atoms with Gasteiger partial charge in [0.05, 0.1) is 6.10 Å². The largest absolute Gasteiger partial charge is 0.393 e. The molecule has 0 heterocycles. The third kappa shape index (κ3) is 5.57. The lowest BCUT2D eigenvalue weighted by Crippen LogP contribution is -2.09. The Kier molecular flexibility index (Phi) is 6.63. The molecular formula is C14H23NOS. The Morgan fingerprint density at radius 3 is 2.18 bits per heavy atom. The summed E-state index contributed by atoms with van der Waals surface area (Å²) in [6, 6.07) is 6.22. The van der Waals surface area contributed by atoms with Gasteiger partial charge in [-0.1, -0.05) is 25.3 Å². The molecule has 3 N–H and O–H groups in total. The van der Waals surface area contributed by atoms with Crippen LogP contribution in [0.4, 0.5) is 0 Å². The smallest absolute Gasteiger partial charge is 0.0540 e. The van der Waals surface area contributed by atoms with E-state index in [1.807, 2.05) is 6.07 Å². The predicted octanol–water partition coefficient (Wildman–Crippen LogP) is 3.58. The van der Waals surface area contributed by atoms with Crippen LogP contribution in [0.1, 0.15) is 43.2 Å². The second kappa shape index (κ2) is 7.75. The zero-order valence-electron chi connectivity index (χ0n) is 10.8. The molecule has 17 heavy (non-hydrogen) atoms. The van der Waals surface area contributed by atoms with Crippen LogP contribution in [0, 0.1) is 13.8 Å². The van der Waals surface area contributed by atoms with Gasteiger partial charge in [-0.2, -0.15) is 0 Å². The quantitative estimate of drug-likeness (QED) is 0.752. The third-order valence-corrected chi connectivity index (χ3v) is 3.72. The van der Waals surface area contributed by atoms with Crippen molar-refractivity contribution in [3.63, 3.8) is 0 Å². The van der Waals surface area contributed by atoms with E-state index in [0.29, 0.717) is 0 Å². The van der Waals surface area contributed by atoms with Crippen molar-refractivity contribution in [2.45, 2.75) is 57.0 Å². The number of aliphatic hydroxyl groups excluding tert-OH is 1. The fraction of sp³-hybridized carbons (Fsp3) is 0.571. The van der Waals surface area contributed by atoms with Gasteiger partial charge in [0.25, 0.3) is 0 Å². The normalized spacial score (nSPS) is 16.2. The zero-order valence-corrected chi connectivity index (χ0v) is 11.6. The van der Waals surface area contributed by atoms with Crippen molar-refractivity contribution in [3.8, 4) is 0 Å². The molecule has 0 radical (unpaired) electrons. The van der Waals surface area contributed by atoms with Crippen LogP contribution in [0.25, 0.3) is 0 Å². The fourth-order valence-electron chi connectivity index (χ4n) is 1.87. The van der Waals surface area contributed by atoms with Crippen LogP contribution in [0.5, 0.6) is 0 Å². The number of aliphatic hydroxyl groups is 1. The molecule has 0 spiro atoms. The van der Waals surface area contributed by atoms with Crippen LogP contribution in [0.2, 0.25) is 0 Å². The van der Waals surface area contributed by atoms with Crippen LogP contribution in [-0.2, 0) is 0 Å². The van der Waals surface area contributed by atoms with E-state index in [1.165, 1.54) is 42.3 Å². The summed E-state index contributed by atoms with van der Waals surface area (Å²) in [6.45, 7) is 4.19. The van der Waals surface area contributed by atoms with Gasteiger partial charge in [-0.15, -0.1) is 0 Å². The van der Waals surface area contributed by atoms with E-state index in [0.717, 1.165) is 17.7 Å². The second-order valence-corrected chi connectivity index (χ2v) is 5.36. The Hall–Kier alpha value is -0.510. The molecule has 96 valence electrons. The summed E-state index contributed by atoms with van der Waals surface area (Å²) < 4.78 is 0. The number of rotatable bonds is 1. The van der Waals surface area contributed by atoms with Gasteiger partial charge in [0.15, 0.2) is 0 Å². The molecule has 0 atom stereocenters. The minimum atomic E-state index is 0.0359. The number of nitrogens with two attached hydrogens (primary N) is 1. The van der Waals surface area contributed by atoms with Crippen LogP contribution < -0.4 is 5.14 Å². The molecule has 1 aromatic rings. The van der Waals surface area contributed by atoms with Crippen molar-refractivity contribution in [1.82, 2.24) is 0 Å². The summed E-state index contributed by atoms with van der Waals surface area (Å²) in [7, 11) is 0. The van der Waals surface area contributed by atoms with E-state index >= 15 is 0 Å². The van der Waals surface area contributed by atoms with Crippen LogP contribution in [0.3, 0.4) is 0 Å². The fourth-order valence-corrected chi connectivity index (χ4v) is 2.26. The van der Waals surface area contributed by atoms with Gasteiger partial charge in [0.2, 0.25) is 0 Å². The summed E-state index contributed by atoms with van der Waals surface area (Å²) in [6.07, 6.45) is 5.92. The summed E-state index contributed by atoms with van der Waals surface area (Å²) in [5, 5.41) is 14.3. The molecule has 2 nitrogen and oxygen atoms in total. The molecule has 3 heteroatoms.